The highest BCUT2D eigenvalue weighted by atomic mass is 16.4. The summed E-state index contributed by atoms with van der Waals surface area (Å²) in [6, 6.07) is 16.2. The van der Waals surface area contributed by atoms with Crippen LogP contribution in [0.4, 0.5) is 0 Å². The van der Waals surface area contributed by atoms with E-state index in [2.05, 4.69) is 0 Å². The fourth-order valence-electron chi connectivity index (χ4n) is 2.25. The van der Waals surface area contributed by atoms with Gasteiger partial charge in [0.1, 0.15) is 0 Å². The summed E-state index contributed by atoms with van der Waals surface area (Å²) in [6.45, 7) is 1.82. The van der Waals surface area contributed by atoms with Gasteiger partial charge >= 0.3 is 5.97 Å². The van der Waals surface area contributed by atoms with Crippen LogP contribution in [0.3, 0.4) is 0 Å². The second kappa shape index (κ2) is 6.15. The predicted octanol–water partition coefficient (Wildman–Crippen LogP) is 3.50. The van der Waals surface area contributed by atoms with Gasteiger partial charge in [-0.1, -0.05) is 61.5 Å². The Morgan fingerprint density at radius 3 is 2.25 bits per heavy atom. The number of carbonyl (C=O) groups is 2. The second-order valence-electron chi connectivity index (χ2n) is 4.78. The average molecular weight is 268 g/mol. The van der Waals surface area contributed by atoms with Gasteiger partial charge in [0.25, 0.3) is 0 Å². The number of carbonyl (C=O) groups excluding carboxylic acids is 1. The van der Waals surface area contributed by atoms with Crippen molar-refractivity contribution in [2.45, 2.75) is 19.3 Å². The lowest BCUT2D eigenvalue weighted by Gasteiger charge is -2.14. The number of ketones is 1. The maximum absolute atomic E-state index is 12.5. The highest BCUT2D eigenvalue weighted by molar-refractivity contribution is 6.10. The number of aliphatic carboxylic acids is 1. The van der Waals surface area contributed by atoms with Gasteiger partial charge in [0.2, 0.25) is 0 Å². The maximum Gasteiger partial charge on any atom is 0.303 e. The molecule has 0 aliphatic rings. The summed E-state index contributed by atoms with van der Waals surface area (Å²) >= 11 is 0. The quantitative estimate of drug-likeness (QED) is 0.844. The van der Waals surface area contributed by atoms with Crippen LogP contribution in [0.1, 0.15) is 40.7 Å². The summed E-state index contributed by atoms with van der Waals surface area (Å²) in [5.74, 6) is -1.13. The van der Waals surface area contributed by atoms with Gasteiger partial charge in [0.05, 0.1) is 6.42 Å². The first-order valence-electron chi connectivity index (χ1n) is 6.50. The van der Waals surface area contributed by atoms with Crippen molar-refractivity contribution in [3.05, 3.63) is 71.3 Å². The molecule has 0 fully saturated rings. The molecule has 20 heavy (non-hydrogen) atoms. The van der Waals surface area contributed by atoms with E-state index in [9.17, 15) is 9.59 Å². The van der Waals surface area contributed by atoms with Gasteiger partial charge in [-0.15, -0.1) is 0 Å². The van der Waals surface area contributed by atoms with Gasteiger partial charge in [-0.3, -0.25) is 9.59 Å². The van der Waals surface area contributed by atoms with Crippen LogP contribution in [0.5, 0.6) is 0 Å². The minimum atomic E-state index is -0.862. The van der Waals surface area contributed by atoms with Crippen LogP contribution in [-0.4, -0.2) is 16.9 Å². The average Bonchev–Trinajstić information content (AvgIpc) is 2.46. The molecule has 102 valence electrons. The molecule has 0 aliphatic heterocycles. The fraction of sp³-hybridized carbons (Fsp3) is 0.176. The third-order valence-electron chi connectivity index (χ3n) is 3.25. The van der Waals surface area contributed by atoms with E-state index in [4.69, 9.17) is 5.11 Å². The van der Waals surface area contributed by atoms with Crippen molar-refractivity contribution in [2.75, 3.05) is 0 Å². The van der Waals surface area contributed by atoms with Crippen molar-refractivity contribution >= 4 is 11.8 Å². The Morgan fingerprint density at radius 2 is 1.60 bits per heavy atom. The fourth-order valence-corrected chi connectivity index (χ4v) is 2.25. The molecule has 0 aromatic heterocycles. The largest absolute Gasteiger partial charge is 0.481 e. The molecule has 1 N–H and O–H groups in total. The maximum atomic E-state index is 12.5. The number of carboxylic acids is 1. The Hall–Kier alpha value is -2.42. The lowest BCUT2D eigenvalue weighted by atomic mass is 9.89. The summed E-state index contributed by atoms with van der Waals surface area (Å²) in [4.78, 5) is 23.4. The topological polar surface area (TPSA) is 54.4 Å². The van der Waals surface area contributed by atoms with Crippen molar-refractivity contribution in [2.24, 2.45) is 0 Å². The number of hydrogen-bond donors (Lipinski definition) is 1. The SMILES string of the molecule is CC(CC(=O)O)c1ccccc1C(=O)c1ccccc1. The summed E-state index contributed by atoms with van der Waals surface area (Å²) in [5.41, 5.74) is 1.97. The second-order valence-corrected chi connectivity index (χ2v) is 4.78. The predicted molar refractivity (Wildman–Crippen MR) is 77.0 cm³/mol. The van der Waals surface area contributed by atoms with Gasteiger partial charge < -0.3 is 5.11 Å². The Morgan fingerprint density at radius 1 is 1.00 bits per heavy atom. The molecule has 0 amide bonds. The van der Waals surface area contributed by atoms with E-state index in [1.54, 1.807) is 24.3 Å². The molecule has 1 atom stereocenters. The first-order chi connectivity index (χ1) is 9.59. The van der Waals surface area contributed by atoms with Crippen LogP contribution in [0.25, 0.3) is 0 Å². The van der Waals surface area contributed by atoms with E-state index in [-0.39, 0.29) is 18.1 Å². The van der Waals surface area contributed by atoms with Crippen LogP contribution in [-0.2, 0) is 4.79 Å². The monoisotopic (exact) mass is 268 g/mol. The Labute approximate surface area is 117 Å². The van der Waals surface area contributed by atoms with Crippen LogP contribution >= 0.6 is 0 Å². The lowest BCUT2D eigenvalue weighted by Crippen LogP contribution is -2.10. The molecular formula is C17H16O3. The molecule has 0 heterocycles. The van der Waals surface area contributed by atoms with E-state index in [0.717, 1.165) is 5.56 Å². The molecule has 0 aliphatic carbocycles. The minimum absolute atomic E-state index is 0.0130. The molecule has 3 heteroatoms. The third-order valence-corrected chi connectivity index (χ3v) is 3.25. The lowest BCUT2D eigenvalue weighted by molar-refractivity contribution is -0.137. The van der Waals surface area contributed by atoms with Gasteiger partial charge in [-0.25, -0.2) is 0 Å². The third kappa shape index (κ3) is 3.12. The van der Waals surface area contributed by atoms with Gasteiger partial charge in [0.15, 0.2) is 5.78 Å². The van der Waals surface area contributed by atoms with E-state index in [1.165, 1.54) is 0 Å². The molecule has 2 rings (SSSR count). The molecule has 3 nitrogen and oxygen atoms in total. The van der Waals surface area contributed by atoms with Crippen LogP contribution in [0.15, 0.2) is 54.6 Å². The molecule has 0 radical (unpaired) electrons. The standard InChI is InChI=1S/C17H16O3/c1-12(11-16(18)19)14-9-5-6-10-15(14)17(20)13-7-3-2-4-8-13/h2-10,12H,11H2,1H3,(H,18,19). The number of hydrogen-bond acceptors (Lipinski definition) is 2. The van der Waals surface area contributed by atoms with E-state index in [1.807, 2.05) is 37.3 Å². The van der Waals surface area contributed by atoms with Crippen molar-refractivity contribution < 1.29 is 14.7 Å². The van der Waals surface area contributed by atoms with Gasteiger partial charge in [-0.2, -0.15) is 0 Å². The Balaban J connectivity index is 2.37. The molecule has 0 bridgehead atoms. The van der Waals surface area contributed by atoms with Crippen LogP contribution in [0, 0.1) is 0 Å². The van der Waals surface area contributed by atoms with Crippen LogP contribution in [0.2, 0.25) is 0 Å². The zero-order chi connectivity index (χ0) is 14.5. The highest BCUT2D eigenvalue weighted by Gasteiger charge is 2.18. The first kappa shape index (κ1) is 14.0. The zero-order valence-corrected chi connectivity index (χ0v) is 11.2. The van der Waals surface area contributed by atoms with E-state index < -0.39 is 5.97 Å². The molecule has 2 aromatic rings. The number of rotatable bonds is 5. The Bertz CT molecular complexity index is 617. The molecule has 0 saturated heterocycles. The molecule has 1 unspecified atom stereocenters. The molecule has 0 saturated carbocycles. The van der Waals surface area contributed by atoms with Crippen LogP contribution < -0.4 is 0 Å². The summed E-state index contributed by atoms with van der Waals surface area (Å²) < 4.78 is 0. The summed E-state index contributed by atoms with van der Waals surface area (Å²) in [5, 5.41) is 8.91. The smallest absolute Gasteiger partial charge is 0.303 e. The van der Waals surface area contributed by atoms with E-state index in [0.29, 0.717) is 11.1 Å². The van der Waals surface area contributed by atoms with Crippen molar-refractivity contribution in [1.82, 2.24) is 0 Å². The van der Waals surface area contributed by atoms with Crippen molar-refractivity contribution in [3.63, 3.8) is 0 Å². The van der Waals surface area contributed by atoms with E-state index >= 15 is 0 Å². The molecule has 0 spiro atoms. The Kier molecular flexibility index (Phi) is 4.31. The normalized spacial score (nSPS) is 11.8. The number of benzene rings is 2. The zero-order valence-electron chi connectivity index (χ0n) is 11.2. The minimum Gasteiger partial charge on any atom is -0.481 e. The molecular weight excluding hydrogens is 252 g/mol. The van der Waals surface area contributed by atoms with Gasteiger partial charge in [0, 0.05) is 11.1 Å². The number of carboxylic acid groups (broad SMARTS) is 1. The highest BCUT2D eigenvalue weighted by Crippen LogP contribution is 2.25. The first-order valence-corrected chi connectivity index (χ1v) is 6.50. The van der Waals surface area contributed by atoms with Crippen molar-refractivity contribution in [1.29, 1.82) is 0 Å². The van der Waals surface area contributed by atoms with Gasteiger partial charge in [-0.05, 0) is 11.5 Å². The summed E-state index contributed by atoms with van der Waals surface area (Å²) in [6.07, 6.45) is 0.0130. The van der Waals surface area contributed by atoms with Crippen molar-refractivity contribution in [3.8, 4) is 0 Å². The summed E-state index contributed by atoms with van der Waals surface area (Å²) in [7, 11) is 0. The molecule has 2 aromatic carbocycles.